The van der Waals surface area contributed by atoms with Crippen LogP contribution in [0.4, 0.5) is 4.39 Å². The Bertz CT molecular complexity index is 455. The summed E-state index contributed by atoms with van der Waals surface area (Å²) in [5.74, 6) is -0.491. The maximum Gasteiger partial charge on any atom is 0.197 e. The summed E-state index contributed by atoms with van der Waals surface area (Å²) in [5, 5.41) is 0. The second kappa shape index (κ2) is 6.55. The van der Waals surface area contributed by atoms with E-state index in [9.17, 15) is 9.18 Å². The minimum absolute atomic E-state index is 0.0539. The Labute approximate surface area is 113 Å². The molecule has 0 amide bonds. The first-order valence-corrected chi connectivity index (χ1v) is 6.49. The molecule has 0 N–H and O–H groups in total. The van der Waals surface area contributed by atoms with Gasteiger partial charge in [0.15, 0.2) is 23.1 Å². The van der Waals surface area contributed by atoms with Crippen LogP contribution in [0.5, 0.6) is 11.5 Å². The molecule has 0 spiro atoms. The number of hydrogen-bond donors (Lipinski definition) is 0. The Balaban J connectivity index is 3.19. The number of carbonyl (C=O) groups excluding carboxylic acids is 1. The molecule has 0 aliphatic rings. The zero-order valence-electron chi connectivity index (χ0n) is 12.1. The molecule has 1 aromatic carbocycles. The average molecular weight is 268 g/mol. The van der Waals surface area contributed by atoms with Crippen LogP contribution in [0.15, 0.2) is 12.1 Å². The molecule has 0 saturated heterocycles. The molecule has 0 bridgehead atoms. The van der Waals surface area contributed by atoms with Crippen LogP contribution in [0.25, 0.3) is 0 Å². The first kappa shape index (κ1) is 15.5. The van der Waals surface area contributed by atoms with E-state index in [4.69, 9.17) is 9.47 Å². The highest BCUT2D eigenvalue weighted by atomic mass is 19.1. The minimum Gasteiger partial charge on any atom is -0.493 e. The van der Waals surface area contributed by atoms with Gasteiger partial charge in [-0.1, -0.05) is 13.8 Å². The van der Waals surface area contributed by atoms with Crippen molar-refractivity contribution >= 4 is 5.78 Å². The number of ether oxygens (including phenoxy) is 2. The highest BCUT2D eigenvalue weighted by molar-refractivity contribution is 5.98. The van der Waals surface area contributed by atoms with Gasteiger partial charge in [-0.15, -0.1) is 0 Å². The van der Waals surface area contributed by atoms with Gasteiger partial charge < -0.3 is 9.47 Å². The Hall–Kier alpha value is -1.58. The van der Waals surface area contributed by atoms with Gasteiger partial charge in [0.05, 0.1) is 13.2 Å². The van der Waals surface area contributed by atoms with Crippen molar-refractivity contribution in [2.45, 2.75) is 40.2 Å². The number of carbonyl (C=O) groups is 1. The fourth-order valence-electron chi connectivity index (χ4n) is 1.68. The second-order valence-corrected chi connectivity index (χ2v) is 4.83. The molecule has 0 unspecified atom stereocenters. The molecule has 1 atom stereocenters. The van der Waals surface area contributed by atoms with E-state index in [-0.39, 0.29) is 29.3 Å². The van der Waals surface area contributed by atoms with Crippen LogP contribution in [-0.4, -0.2) is 19.0 Å². The van der Waals surface area contributed by atoms with Crippen LogP contribution >= 0.6 is 0 Å². The van der Waals surface area contributed by atoms with E-state index in [1.54, 1.807) is 13.8 Å². The maximum atomic E-state index is 14.0. The van der Waals surface area contributed by atoms with Crippen molar-refractivity contribution in [1.82, 2.24) is 0 Å². The summed E-state index contributed by atoms with van der Waals surface area (Å²) in [6.45, 7) is 7.35. The normalized spacial score (nSPS) is 12.4. The van der Waals surface area contributed by atoms with E-state index in [1.807, 2.05) is 13.8 Å². The Morgan fingerprint density at radius 2 is 1.95 bits per heavy atom. The maximum absolute atomic E-state index is 14.0. The third kappa shape index (κ3) is 3.69. The molecule has 1 rings (SSSR count). The summed E-state index contributed by atoms with van der Waals surface area (Å²) >= 11 is 0. The Morgan fingerprint density at radius 1 is 1.32 bits per heavy atom. The van der Waals surface area contributed by atoms with Gasteiger partial charge in [-0.25, -0.2) is 4.39 Å². The van der Waals surface area contributed by atoms with E-state index < -0.39 is 5.82 Å². The molecular weight excluding hydrogens is 247 g/mol. The number of halogens is 1. The standard InChI is InChI=1S/C15H21FO3/c1-6-10(4)14(17)11-7-12(16)15(19-9(2)3)13(8-11)18-5/h7-10H,6H2,1-5H3/t10-/m1/s1. The lowest BCUT2D eigenvalue weighted by molar-refractivity contribution is 0.0926. The van der Waals surface area contributed by atoms with Gasteiger partial charge >= 0.3 is 0 Å². The van der Waals surface area contributed by atoms with Crippen LogP contribution in [0, 0.1) is 11.7 Å². The third-order valence-corrected chi connectivity index (χ3v) is 2.93. The number of rotatable bonds is 6. The monoisotopic (exact) mass is 268 g/mol. The van der Waals surface area contributed by atoms with Crippen molar-refractivity contribution in [1.29, 1.82) is 0 Å². The molecule has 0 saturated carbocycles. The zero-order valence-corrected chi connectivity index (χ0v) is 12.1. The first-order valence-electron chi connectivity index (χ1n) is 6.49. The molecule has 3 nitrogen and oxygen atoms in total. The van der Waals surface area contributed by atoms with E-state index in [0.29, 0.717) is 12.0 Å². The number of methoxy groups -OCH3 is 1. The van der Waals surface area contributed by atoms with E-state index in [0.717, 1.165) is 0 Å². The van der Waals surface area contributed by atoms with Gasteiger partial charge in [0.2, 0.25) is 0 Å². The van der Waals surface area contributed by atoms with Gasteiger partial charge in [0.25, 0.3) is 0 Å². The zero-order chi connectivity index (χ0) is 14.6. The minimum atomic E-state index is -0.570. The van der Waals surface area contributed by atoms with Gasteiger partial charge in [-0.2, -0.15) is 0 Å². The largest absolute Gasteiger partial charge is 0.493 e. The van der Waals surface area contributed by atoms with E-state index >= 15 is 0 Å². The number of ketones is 1. The van der Waals surface area contributed by atoms with Gasteiger partial charge in [-0.3, -0.25) is 4.79 Å². The quantitative estimate of drug-likeness (QED) is 0.735. The molecule has 1 aromatic rings. The number of hydrogen-bond acceptors (Lipinski definition) is 3. The van der Waals surface area contributed by atoms with Crippen LogP contribution in [0.1, 0.15) is 44.5 Å². The van der Waals surface area contributed by atoms with Crippen molar-refractivity contribution in [3.8, 4) is 11.5 Å². The first-order chi connectivity index (χ1) is 8.90. The highest BCUT2D eigenvalue weighted by Gasteiger charge is 2.20. The summed E-state index contributed by atoms with van der Waals surface area (Å²) in [5.41, 5.74) is 0.319. The summed E-state index contributed by atoms with van der Waals surface area (Å²) in [6, 6.07) is 2.75. The third-order valence-electron chi connectivity index (χ3n) is 2.93. The molecule has 4 heteroatoms. The molecule has 0 aromatic heterocycles. The van der Waals surface area contributed by atoms with Crippen molar-refractivity contribution in [3.63, 3.8) is 0 Å². The molecule has 0 heterocycles. The van der Waals surface area contributed by atoms with Gasteiger partial charge in [-0.05, 0) is 32.4 Å². The smallest absolute Gasteiger partial charge is 0.197 e. The van der Waals surface area contributed by atoms with Crippen molar-refractivity contribution in [2.75, 3.05) is 7.11 Å². The van der Waals surface area contributed by atoms with Crippen LogP contribution in [-0.2, 0) is 0 Å². The molecule has 0 aliphatic carbocycles. The fourth-order valence-corrected chi connectivity index (χ4v) is 1.68. The predicted octanol–water partition coefficient (Wildman–Crippen LogP) is 3.85. The SMILES string of the molecule is CC[C@@H](C)C(=O)c1cc(F)c(OC(C)C)c(OC)c1. The second-order valence-electron chi connectivity index (χ2n) is 4.83. The molecule has 0 radical (unpaired) electrons. The van der Waals surface area contributed by atoms with Gasteiger partial charge in [0.1, 0.15) is 0 Å². The lowest BCUT2D eigenvalue weighted by Gasteiger charge is -2.16. The summed E-state index contributed by atoms with van der Waals surface area (Å²) in [4.78, 5) is 12.1. The number of benzene rings is 1. The summed E-state index contributed by atoms with van der Waals surface area (Å²) < 4.78 is 24.5. The summed E-state index contributed by atoms with van der Waals surface area (Å²) in [6.07, 6.45) is 0.548. The van der Waals surface area contributed by atoms with Crippen LogP contribution < -0.4 is 9.47 Å². The summed E-state index contributed by atoms with van der Waals surface area (Å²) in [7, 11) is 1.43. The Kier molecular flexibility index (Phi) is 5.33. The molecular formula is C15H21FO3. The fraction of sp³-hybridized carbons (Fsp3) is 0.533. The topological polar surface area (TPSA) is 35.5 Å². The molecule has 0 aliphatic heterocycles. The van der Waals surface area contributed by atoms with Gasteiger partial charge in [0, 0.05) is 11.5 Å². The molecule has 0 fully saturated rings. The van der Waals surface area contributed by atoms with Crippen molar-refractivity contribution in [2.24, 2.45) is 5.92 Å². The highest BCUT2D eigenvalue weighted by Crippen LogP contribution is 2.33. The van der Waals surface area contributed by atoms with E-state index in [1.165, 1.54) is 19.2 Å². The number of Topliss-reactive ketones (excluding diaryl/α,β-unsaturated/α-hetero) is 1. The van der Waals surface area contributed by atoms with Crippen molar-refractivity contribution < 1.29 is 18.7 Å². The van der Waals surface area contributed by atoms with E-state index in [2.05, 4.69) is 0 Å². The molecule has 106 valence electrons. The van der Waals surface area contributed by atoms with Crippen LogP contribution in [0.2, 0.25) is 0 Å². The van der Waals surface area contributed by atoms with Crippen molar-refractivity contribution in [3.05, 3.63) is 23.5 Å². The Morgan fingerprint density at radius 3 is 2.42 bits per heavy atom. The molecule has 19 heavy (non-hydrogen) atoms. The van der Waals surface area contributed by atoms with Crippen LogP contribution in [0.3, 0.4) is 0 Å². The average Bonchev–Trinajstić information content (AvgIpc) is 2.38. The lowest BCUT2D eigenvalue weighted by atomic mass is 9.97. The lowest BCUT2D eigenvalue weighted by Crippen LogP contribution is -2.13. The predicted molar refractivity (Wildman–Crippen MR) is 72.5 cm³/mol.